The number of halogens is 3. The molecule has 0 unspecified atom stereocenters. The minimum absolute atomic E-state index is 0.0579. The fourth-order valence-electron chi connectivity index (χ4n) is 5.12. The molecule has 0 radical (unpaired) electrons. The molecule has 0 amide bonds. The van der Waals surface area contributed by atoms with Crippen LogP contribution in [0.3, 0.4) is 0 Å². The Morgan fingerprint density at radius 2 is 1.61 bits per heavy atom. The molecule has 0 bridgehead atoms. The quantitative estimate of drug-likeness (QED) is 0.159. The third-order valence-electron chi connectivity index (χ3n) is 7.47. The summed E-state index contributed by atoms with van der Waals surface area (Å²) in [5.74, 6) is -1.66. The molecule has 0 aliphatic rings. The van der Waals surface area contributed by atoms with Crippen LogP contribution in [0, 0.1) is 24.4 Å². The molecule has 0 aliphatic heterocycles. The van der Waals surface area contributed by atoms with Crippen molar-refractivity contribution in [3.63, 3.8) is 0 Å². The molecular formula is C36H28F3N3O4. The highest BCUT2D eigenvalue weighted by Gasteiger charge is 2.19. The third kappa shape index (κ3) is 6.71. The van der Waals surface area contributed by atoms with Gasteiger partial charge in [-0.3, -0.25) is 0 Å². The molecule has 6 aromatic rings. The van der Waals surface area contributed by atoms with E-state index < -0.39 is 23.4 Å². The van der Waals surface area contributed by atoms with Crippen molar-refractivity contribution in [1.29, 1.82) is 0 Å². The second-order valence-electron chi connectivity index (χ2n) is 10.7. The van der Waals surface area contributed by atoms with Gasteiger partial charge in [-0.1, -0.05) is 36.4 Å². The fraction of sp³-hybridized carbons (Fsp3) is 0.139. The lowest BCUT2D eigenvalue weighted by Gasteiger charge is -2.13. The van der Waals surface area contributed by atoms with Gasteiger partial charge < -0.3 is 19.1 Å². The van der Waals surface area contributed by atoms with Gasteiger partial charge in [-0.2, -0.15) is 0 Å². The second-order valence-corrected chi connectivity index (χ2v) is 10.7. The largest absolute Gasteiger partial charge is 0.492 e. The molecule has 46 heavy (non-hydrogen) atoms. The Morgan fingerprint density at radius 3 is 2.39 bits per heavy atom. The van der Waals surface area contributed by atoms with Crippen molar-refractivity contribution in [3.8, 4) is 22.9 Å². The van der Waals surface area contributed by atoms with E-state index in [4.69, 9.17) is 9.47 Å². The number of aromatic carboxylic acids is 1. The number of nitrogens with zero attached hydrogens (tertiary/aromatic N) is 3. The first-order valence-electron chi connectivity index (χ1n) is 14.5. The van der Waals surface area contributed by atoms with Gasteiger partial charge in [0.1, 0.15) is 42.2 Å². The number of carboxylic acids is 1. The maximum Gasteiger partial charge on any atom is 0.335 e. The molecule has 1 N–H and O–H groups in total. The summed E-state index contributed by atoms with van der Waals surface area (Å²) in [5.41, 5.74) is 2.40. The molecule has 7 nitrogen and oxygen atoms in total. The maximum atomic E-state index is 15.6. The first-order valence-corrected chi connectivity index (χ1v) is 14.5. The highest BCUT2D eigenvalue weighted by Crippen LogP contribution is 2.28. The van der Waals surface area contributed by atoms with E-state index in [1.165, 1.54) is 24.3 Å². The lowest BCUT2D eigenvalue weighted by atomic mass is 10.0. The summed E-state index contributed by atoms with van der Waals surface area (Å²) in [6, 6.07) is 25.4. The van der Waals surface area contributed by atoms with Gasteiger partial charge in [-0.25, -0.2) is 27.9 Å². The van der Waals surface area contributed by atoms with E-state index in [-0.39, 0.29) is 54.4 Å². The highest BCUT2D eigenvalue weighted by atomic mass is 19.1. The van der Waals surface area contributed by atoms with Gasteiger partial charge in [-0.15, -0.1) is 0 Å². The molecule has 0 saturated carbocycles. The van der Waals surface area contributed by atoms with E-state index in [1.54, 1.807) is 41.8 Å². The number of carboxylic acid groups (broad SMARTS) is 1. The summed E-state index contributed by atoms with van der Waals surface area (Å²) >= 11 is 0. The Morgan fingerprint density at radius 1 is 0.804 bits per heavy atom. The van der Waals surface area contributed by atoms with Crippen LogP contribution in [0.15, 0.2) is 97.1 Å². The fourth-order valence-corrected chi connectivity index (χ4v) is 5.12. The van der Waals surface area contributed by atoms with E-state index in [9.17, 15) is 14.3 Å². The number of carbonyl (C=O) groups is 1. The first kappa shape index (κ1) is 30.4. The number of imidazole rings is 1. The number of rotatable bonds is 11. The number of aryl methyl sites for hydroxylation is 1. The summed E-state index contributed by atoms with van der Waals surface area (Å²) in [5, 5.41) is 9.53. The van der Waals surface area contributed by atoms with Crippen LogP contribution < -0.4 is 9.47 Å². The summed E-state index contributed by atoms with van der Waals surface area (Å²) < 4.78 is 58.6. The van der Waals surface area contributed by atoms with Gasteiger partial charge in [-0.05, 0) is 72.6 Å². The molecule has 0 saturated heterocycles. The van der Waals surface area contributed by atoms with Crippen LogP contribution in [-0.2, 0) is 19.6 Å². The van der Waals surface area contributed by atoms with Crippen molar-refractivity contribution in [2.75, 3.05) is 6.61 Å². The van der Waals surface area contributed by atoms with Gasteiger partial charge in [0.15, 0.2) is 0 Å². The van der Waals surface area contributed by atoms with Crippen molar-refractivity contribution in [2.24, 2.45) is 0 Å². The summed E-state index contributed by atoms with van der Waals surface area (Å²) in [7, 11) is 0. The number of aromatic nitrogens is 3. The highest BCUT2D eigenvalue weighted by molar-refractivity contribution is 5.92. The van der Waals surface area contributed by atoms with Gasteiger partial charge in [0.25, 0.3) is 0 Å². The lowest BCUT2D eigenvalue weighted by Crippen LogP contribution is -2.12. The Bertz CT molecular complexity index is 2050. The Hall–Kier alpha value is -5.64. The number of hydrogen-bond donors (Lipinski definition) is 1. The molecule has 6 rings (SSSR count). The average Bonchev–Trinajstić information content (AvgIpc) is 3.39. The van der Waals surface area contributed by atoms with Crippen molar-refractivity contribution in [2.45, 2.75) is 26.5 Å². The van der Waals surface area contributed by atoms with Crippen molar-refractivity contribution < 1.29 is 32.5 Å². The molecule has 232 valence electrons. The van der Waals surface area contributed by atoms with Crippen molar-refractivity contribution >= 4 is 17.0 Å². The van der Waals surface area contributed by atoms with Crippen molar-refractivity contribution in [1.82, 2.24) is 14.5 Å². The van der Waals surface area contributed by atoms with Crippen LogP contribution in [0.4, 0.5) is 13.2 Å². The van der Waals surface area contributed by atoms with E-state index in [2.05, 4.69) is 9.97 Å². The average molecular weight is 624 g/mol. The van der Waals surface area contributed by atoms with Crippen molar-refractivity contribution in [3.05, 3.63) is 143 Å². The Labute approximate surface area is 262 Å². The number of hydrogen-bond acceptors (Lipinski definition) is 5. The van der Waals surface area contributed by atoms with E-state index in [1.807, 2.05) is 30.3 Å². The SMILES string of the molecule is Cc1ccc(COc2cccc(-c3cc(F)c(Cc4nc5ccc(C(=O)O)cc5n4CCOc4ccccc4)cc3F)n2)c(F)c1. The number of ether oxygens (including phenoxy) is 2. The van der Waals surface area contributed by atoms with Crippen LogP contribution in [0.5, 0.6) is 11.6 Å². The third-order valence-corrected chi connectivity index (χ3v) is 7.47. The zero-order chi connectivity index (χ0) is 32.2. The van der Waals surface area contributed by atoms with Gasteiger partial charge in [0, 0.05) is 23.6 Å². The topological polar surface area (TPSA) is 86.5 Å². The normalized spacial score (nSPS) is 11.1. The first-order chi connectivity index (χ1) is 22.2. The molecule has 0 spiro atoms. The van der Waals surface area contributed by atoms with E-state index in [0.717, 1.165) is 17.7 Å². The van der Waals surface area contributed by atoms with Crippen LogP contribution in [0.25, 0.3) is 22.3 Å². The Kier molecular flexibility index (Phi) is 8.69. The number of pyridine rings is 1. The zero-order valence-electron chi connectivity index (χ0n) is 24.7. The van der Waals surface area contributed by atoms with Gasteiger partial charge in [0.2, 0.25) is 5.88 Å². The van der Waals surface area contributed by atoms with Crippen LogP contribution in [0.2, 0.25) is 0 Å². The number of para-hydroxylation sites is 1. The summed E-state index contributed by atoms with van der Waals surface area (Å²) in [4.78, 5) is 20.6. The number of benzene rings is 4. The molecule has 0 fully saturated rings. The predicted octanol–water partition coefficient (Wildman–Crippen LogP) is 7.77. The summed E-state index contributed by atoms with van der Waals surface area (Å²) in [6.45, 7) is 2.22. The van der Waals surface area contributed by atoms with Crippen LogP contribution in [-0.4, -0.2) is 32.2 Å². The maximum absolute atomic E-state index is 15.6. The number of fused-ring (bicyclic) bond motifs is 1. The summed E-state index contributed by atoms with van der Waals surface area (Å²) in [6.07, 6.45) is -0.0653. The smallest absolute Gasteiger partial charge is 0.335 e. The molecule has 0 atom stereocenters. The predicted molar refractivity (Wildman–Crippen MR) is 166 cm³/mol. The Balaban J connectivity index is 1.25. The molecule has 0 aliphatic carbocycles. The van der Waals surface area contributed by atoms with E-state index >= 15 is 8.78 Å². The monoisotopic (exact) mass is 623 g/mol. The minimum Gasteiger partial charge on any atom is -0.492 e. The molecule has 2 heterocycles. The molecule has 10 heteroatoms. The van der Waals surface area contributed by atoms with Crippen LogP contribution >= 0.6 is 0 Å². The van der Waals surface area contributed by atoms with Gasteiger partial charge in [0.05, 0.1) is 28.8 Å². The zero-order valence-corrected chi connectivity index (χ0v) is 24.7. The van der Waals surface area contributed by atoms with E-state index in [0.29, 0.717) is 28.2 Å². The lowest BCUT2D eigenvalue weighted by molar-refractivity contribution is 0.0697. The second kappa shape index (κ2) is 13.2. The molecule has 2 aromatic heterocycles. The molecular weight excluding hydrogens is 595 g/mol. The van der Waals surface area contributed by atoms with Gasteiger partial charge >= 0.3 is 5.97 Å². The molecule has 4 aromatic carbocycles. The van der Waals surface area contributed by atoms with Crippen LogP contribution in [0.1, 0.15) is 32.9 Å². The minimum atomic E-state index is -1.09. The standard InChI is InChI=1S/C36H28F3N3O4/c1-22-10-11-24(28(37)16-22)21-46-35-9-5-8-31(41-35)27-20-29(38)25(17-30(27)39)19-34-40-32-13-12-23(36(43)44)18-33(32)42(34)14-15-45-26-6-3-2-4-7-26/h2-13,16-18,20H,14-15,19,21H2,1H3,(H,43,44).